The number of phenols is 1. The maximum Gasteiger partial charge on any atom is 0.224 e. The second kappa shape index (κ2) is 10.1. The molecule has 0 saturated heterocycles. The second-order valence-corrected chi connectivity index (χ2v) is 8.18. The zero-order valence-electron chi connectivity index (χ0n) is 17.4. The van der Waals surface area contributed by atoms with E-state index in [-0.39, 0.29) is 35.8 Å². The number of nitrogens with two attached hydrogens (primary N) is 1. The fraction of sp³-hybridized carbons (Fsp3) is 0.391. The molecule has 0 aliphatic rings. The van der Waals surface area contributed by atoms with Crippen LogP contribution in [0.1, 0.15) is 56.7 Å². The van der Waals surface area contributed by atoms with Crippen LogP contribution in [0.2, 0.25) is 0 Å². The van der Waals surface area contributed by atoms with E-state index in [0.717, 1.165) is 16.7 Å². The molecule has 0 heterocycles. The van der Waals surface area contributed by atoms with Crippen molar-refractivity contribution >= 4 is 17.5 Å². The highest BCUT2D eigenvalue weighted by Crippen LogP contribution is 2.30. The summed E-state index contributed by atoms with van der Waals surface area (Å²) in [6.45, 7) is 7.10. The third-order valence-corrected chi connectivity index (χ3v) is 4.66. The largest absolute Gasteiger partial charge is 0.506 e. The summed E-state index contributed by atoms with van der Waals surface area (Å²) in [7, 11) is 0. The summed E-state index contributed by atoms with van der Waals surface area (Å²) in [6, 6.07) is 13.0. The Hall–Kier alpha value is -2.86. The van der Waals surface area contributed by atoms with Gasteiger partial charge in [-0.3, -0.25) is 9.59 Å². The summed E-state index contributed by atoms with van der Waals surface area (Å²) in [4.78, 5) is 24.2. The summed E-state index contributed by atoms with van der Waals surface area (Å²) in [5.41, 5.74) is 8.96. The molecule has 2 amide bonds. The van der Waals surface area contributed by atoms with E-state index in [9.17, 15) is 14.7 Å². The van der Waals surface area contributed by atoms with Crippen molar-refractivity contribution in [1.82, 2.24) is 5.32 Å². The first-order chi connectivity index (χ1) is 13.7. The molecule has 0 spiro atoms. The minimum Gasteiger partial charge on any atom is -0.506 e. The Labute approximate surface area is 172 Å². The zero-order chi connectivity index (χ0) is 21.4. The number of anilines is 1. The van der Waals surface area contributed by atoms with Gasteiger partial charge in [0.2, 0.25) is 11.8 Å². The minimum atomic E-state index is -0.227. The van der Waals surface area contributed by atoms with Crippen LogP contribution < -0.4 is 16.4 Å². The summed E-state index contributed by atoms with van der Waals surface area (Å²) >= 11 is 0. The Kier molecular flexibility index (Phi) is 7.79. The molecule has 6 heteroatoms. The predicted octanol–water partition coefficient (Wildman–Crippen LogP) is 3.57. The molecular weight excluding hydrogens is 366 g/mol. The number of amides is 2. The van der Waals surface area contributed by atoms with E-state index in [2.05, 4.69) is 31.4 Å². The van der Waals surface area contributed by atoms with Crippen LogP contribution in [-0.4, -0.2) is 16.9 Å². The molecule has 0 radical (unpaired) electrons. The lowest BCUT2D eigenvalue weighted by atomic mass is 9.87. The van der Waals surface area contributed by atoms with Gasteiger partial charge in [0.25, 0.3) is 0 Å². The highest BCUT2D eigenvalue weighted by molar-refractivity contribution is 5.92. The van der Waals surface area contributed by atoms with Crippen molar-refractivity contribution in [3.8, 4) is 5.75 Å². The van der Waals surface area contributed by atoms with Crippen LogP contribution >= 0.6 is 0 Å². The van der Waals surface area contributed by atoms with Crippen molar-refractivity contribution in [2.24, 2.45) is 5.73 Å². The lowest BCUT2D eigenvalue weighted by Gasteiger charge is -2.20. The van der Waals surface area contributed by atoms with Crippen LogP contribution in [-0.2, 0) is 28.1 Å². The smallest absolute Gasteiger partial charge is 0.224 e. The summed E-state index contributed by atoms with van der Waals surface area (Å²) in [5.74, 6) is -0.299. The van der Waals surface area contributed by atoms with Crippen LogP contribution in [0, 0.1) is 0 Å². The van der Waals surface area contributed by atoms with E-state index in [4.69, 9.17) is 5.73 Å². The molecule has 6 nitrogen and oxygen atoms in total. The quantitative estimate of drug-likeness (QED) is 0.511. The van der Waals surface area contributed by atoms with Gasteiger partial charge in [-0.1, -0.05) is 51.1 Å². The first-order valence-electron chi connectivity index (χ1n) is 9.87. The van der Waals surface area contributed by atoms with Crippen LogP contribution in [0.3, 0.4) is 0 Å². The molecule has 29 heavy (non-hydrogen) atoms. The fourth-order valence-electron chi connectivity index (χ4n) is 2.88. The highest BCUT2D eigenvalue weighted by Gasteiger charge is 2.16. The molecule has 0 saturated carbocycles. The first kappa shape index (κ1) is 22.4. The standard InChI is InChI=1S/C23H31N3O3/c1-23(2,3)18-10-11-20(27)19(13-18)26-22(29)9-5-8-21(28)25-15-17-7-4-6-16(12-17)14-24/h4,6-7,10-13,27H,5,8-9,14-15,24H2,1-3H3,(H,25,28)(H,26,29). The van der Waals surface area contributed by atoms with Gasteiger partial charge in [-0.05, 0) is 40.7 Å². The number of carbonyl (C=O) groups excluding carboxylic acids is 2. The van der Waals surface area contributed by atoms with E-state index in [1.165, 1.54) is 0 Å². The number of hydrogen-bond donors (Lipinski definition) is 4. The zero-order valence-corrected chi connectivity index (χ0v) is 17.4. The van der Waals surface area contributed by atoms with E-state index in [1.807, 2.05) is 30.3 Å². The summed E-state index contributed by atoms with van der Waals surface area (Å²) < 4.78 is 0. The van der Waals surface area contributed by atoms with Crippen molar-refractivity contribution in [3.63, 3.8) is 0 Å². The third-order valence-electron chi connectivity index (χ3n) is 4.66. The molecule has 0 aliphatic heterocycles. The maximum absolute atomic E-state index is 12.2. The Morgan fingerprint density at radius 2 is 1.69 bits per heavy atom. The molecule has 156 valence electrons. The van der Waals surface area contributed by atoms with Crippen LogP contribution in [0.15, 0.2) is 42.5 Å². The van der Waals surface area contributed by atoms with Gasteiger partial charge in [0.1, 0.15) is 5.75 Å². The van der Waals surface area contributed by atoms with Gasteiger partial charge in [0.15, 0.2) is 0 Å². The summed E-state index contributed by atoms with van der Waals surface area (Å²) in [5, 5.41) is 15.6. The molecule has 0 bridgehead atoms. The van der Waals surface area contributed by atoms with E-state index >= 15 is 0 Å². The van der Waals surface area contributed by atoms with E-state index in [0.29, 0.717) is 25.2 Å². The second-order valence-electron chi connectivity index (χ2n) is 8.18. The summed E-state index contributed by atoms with van der Waals surface area (Å²) in [6.07, 6.45) is 0.896. The number of carbonyl (C=O) groups is 2. The van der Waals surface area contributed by atoms with Crippen LogP contribution in [0.5, 0.6) is 5.75 Å². The Balaban J connectivity index is 1.77. The Bertz CT molecular complexity index is 857. The van der Waals surface area contributed by atoms with Crippen molar-refractivity contribution in [3.05, 3.63) is 59.2 Å². The van der Waals surface area contributed by atoms with Gasteiger partial charge >= 0.3 is 0 Å². The molecule has 0 atom stereocenters. The highest BCUT2D eigenvalue weighted by atomic mass is 16.3. The molecule has 2 aromatic carbocycles. The number of hydrogen-bond acceptors (Lipinski definition) is 4. The molecular formula is C23H31N3O3. The van der Waals surface area contributed by atoms with Crippen LogP contribution in [0.25, 0.3) is 0 Å². The van der Waals surface area contributed by atoms with Gasteiger partial charge in [-0.25, -0.2) is 0 Å². The van der Waals surface area contributed by atoms with Crippen molar-refractivity contribution < 1.29 is 14.7 Å². The average molecular weight is 398 g/mol. The van der Waals surface area contributed by atoms with E-state index in [1.54, 1.807) is 12.1 Å². The number of rotatable bonds is 8. The number of benzene rings is 2. The molecule has 0 aliphatic carbocycles. The van der Waals surface area contributed by atoms with Crippen molar-refractivity contribution in [2.45, 2.75) is 58.5 Å². The SMILES string of the molecule is CC(C)(C)c1ccc(O)c(NC(=O)CCCC(=O)NCc2cccc(CN)c2)c1. The van der Waals surface area contributed by atoms with Crippen molar-refractivity contribution in [1.29, 1.82) is 0 Å². The number of nitrogens with one attached hydrogen (secondary N) is 2. The monoisotopic (exact) mass is 397 g/mol. The molecule has 5 N–H and O–H groups in total. The average Bonchev–Trinajstić information content (AvgIpc) is 2.67. The van der Waals surface area contributed by atoms with Crippen LogP contribution in [0.4, 0.5) is 5.69 Å². The maximum atomic E-state index is 12.2. The fourth-order valence-corrected chi connectivity index (χ4v) is 2.88. The van der Waals surface area contributed by atoms with Crippen molar-refractivity contribution in [2.75, 3.05) is 5.32 Å². The lowest BCUT2D eigenvalue weighted by Crippen LogP contribution is -2.23. The van der Waals surface area contributed by atoms with Gasteiger partial charge in [-0.15, -0.1) is 0 Å². The molecule has 2 rings (SSSR count). The molecule has 0 unspecified atom stereocenters. The minimum absolute atomic E-state index is 0.0313. The molecule has 0 fully saturated rings. The van der Waals surface area contributed by atoms with Gasteiger partial charge in [0, 0.05) is 25.9 Å². The van der Waals surface area contributed by atoms with Gasteiger partial charge in [0.05, 0.1) is 5.69 Å². The topological polar surface area (TPSA) is 104 Å². The Morgan fingerprint density at radius 1 is 1.00 bits per heavy atom. The first-order valence-corrected chi connectivity index (χ1v) is 9.87. The van der Waals surface area contributed by atoms with Gasteiger partial charge in [-0.2, -0.15) is 0 Å². The third kappa shape index (κ3) is 7.23. The van der Waals surface area contributed by atoms with Gasteiger partial charge < -0.3 is 21.5 Å². The predicted molar refractivity (Wildman–Crippen MR) is 115 cm³/mol. The molecule has 0 aromatic heterocycles. The lowest BCUT2D eigenvalue weighted by molar-refractivity contribution is -0.121. The Morgan fingerprint density at radius 3 is 2.38 bits per heavy atom. The molecule has 2 aromatic rings. The van der Waals surface area contributed by atoms with E-state index < -0.39 is 0 Å². The normalized spacial score (nSPS) is 11.2. The number of aromatic hydroxyl groups is 1. The number of phenolic OH excluding ortho intramolecular Hbond substituents is 1.